The highest BCUT2D eigenvalue weighted by atomic mass is 32.1. The molecule has 2 aromatic rings. The van der Waals surface area contributed by atoms with Gasteiger partial charge in [0.05, 0.1) is 33.2 Å². The molecule has 1 heterocycles. The van der Waals surface area contributed by atoms with Crippen LogP contribution >= 0.6 is 12.2 Å². The molecular weight excluding hydrogens is 352 g/mol. The van der Waals surface area contributed by atoms with E-state index in [-0.39, 0.29) is 6.04 Å². The molecule has 1 unspecified atom stereocenters. The van der Waals surface area contributed by atoms with Gasteiger partial charge in [-0.25, -0.2) is 0 Å². The number of likely N-dealkylation sites (N-methyl/N-ethyl adjacent to an activating group) is 1. The van der Waals surface area contributed by atoms with Gasteiger partial charge in [0.25, 0.3) is 0 Å². The number of pyridine rings is 1. The molecule has 5 heteroatoms. The van der Waals surface area contributed by atoms with E-state index < -0.39 is 0 Å². The van der Waals surface area contributed by atoms with E-state index in [0.717, 1.165) is 31.0 Å². The quantitative estimate of drug-likeness (QED) is 0.684. The van der Waals surface area contributed by atoms with Crippen LogP contribution in [-0.4, -0.2) is 42.2 Å². The summed E-state index contributed by atoms with van der Waals surface area (Å²) in [4.78, 5) is 7.98. The second-order valence-corrected chi connectivity index (χ2v) is 7.59. The number of thiocarbonyl (C=S) groups is 1. The van der Waals surface area contributed by atoms with Gasteiger partial charge in [0, 0.05) is 18.1 Å². The van der Waals surface area contributed by atoms with Crippen LogP contribution in [0.1, 0.15) is 43.5 Å². The molecule has 0 aliphatic carbocycles. The highest BCUT2D eigenvalue weighted by Crippen LogP contribution is 2.25. The standard InChI is InChI=1S/C22H32N4S/c1-6-18-10-8-11-19(7-2)21(18)24-22(27)26(15-14-25(4)5)17(3)20-12-9-13-23-16-20/h8-13,16-17H,6-7,14-15H2,1-5H3,(H,24,27)/p+1. The van der Waals surface area contributed by atoms with Gasteiger partial charge < -0.3 is 15.1 Å². The fourth-order valence-electron chi connectivity index (χ4n) is 3.20. The van der Waals surface area contributed by atoms with Gasteiger partial charge in [0.1, 0.15) is 0 Å². The fraction of sp³-hybridized carbons (Fsp3) is 0.455. The minimum atomic E-state index is 0.164. The fourth-order valence-corrected chi connectivity index (χ4v) is 3.55. The second-order valence-electron chi connectivity index (χ2n) is 7.20. The zero-order valence-electron chi connectivity index (χ0n) is 17.2. The first-order valence-electron chi connectivity index (χ1n) is 9.85. The van der Waals surface area contributed by atoms with E-state index in [0.29, 0.717) is 0 Å². The summed E-state index contributed by atoms with van der Waals surface area (Å²) >= 11 is 5.89. The van der Waals surface area contributed by atoms with E-state index in [1.165, 1.54) is 27.3 Å². The number of hydrogen-bond donors (Lipinski definition) is 2. The SMILES string of the molecule is CCc1cccc(CC)c1NC(=S)N(CC[NH+](C)C)C(C)c1cccnc1. The third kappa shape index (κ3) is 5.75. The first-order chi connectivity index (χ1) is 13.0. The average Bonchev–Trinajstić information content (AvgIpc) is 2.68. The van der Waals surface area contributed by atoms with Crippen molar-refractivity contribution in [2.75, 3.05) is 32.5 Å². The molecule has 0 aliphatic heterocycles. The summed E-state index contributed by atoms with van der Waals surface area (Å²) in [7, 11) is 4.34. The number of benzene rings is 1. The summed E-state index contributed by atoms with van der Waals surface area (Å²) in [5.74, 6) is 0. The van der Waals surface area contributed by atoms with E-state index in [1.54, 1.807) is 0 Å². The maximum absolute atomic E-state index is 5.89. The summed E-state index contributed by atoms with van der Waals surface area (Å²) in [6.45, 7) is 8.48. The van der Waals surface area contributed by atoms with Crippen molar-refractivity contribution >= 4 is 23.0 Å². The van der Waals surface area contributed by atoms with Crippen molar-refractivity contribution in [1.29, 1.82) is 0 Å². The Bertz CT molecular complexity index is 708. The Morgan fingerprint density at radius 2 is 1.81 bits per heavy atom. The molecule has 4 nitrogen and oxygen atoms in total. The summed E-state index contributed by atoms with van der Waals surface area (Å²) in [6.07, 6.45) is 5.71. The maximum Gasteiger partial charge on any atom is 0.174 e. The Morgan fingerprint density at radius 3 is 2.33 bits per heavy atom. The Labute approximate surface area is 169 Å². The number of quaternary nitrogens is 1. The van der Waals surface area contributed by atoms with Gasteiger partial charge in [-0.2, -0.15) is 0 Å². The molecule has 0 aliphatic rings. The molecule has 1 atom stereocenters. The van der Waals surface area contributed by atoms with Crippen molar-refractivity contribution in [3.05, 3.63) is 59.4 Å². The maximum atomic E-state index is 5.89. The molecular formula is C22H33N4S+. The summed E-state index contributed by atoms with van der Waals surface area (Å²) < 4.78 is 0. The lowest BCUT2D eigenvalue weighted by molar-refractivity contribution is -0.857. The number of rotatable bonds is 8. The lowest BCUT2D eigenvalue weighted by Crippen LogP contribution is -3.06. The van der Waals surface area contributed by atoms with E-state index in [4.69, 9.17) is 12.2 Å². The third-order valence-corrected chi connectivity index (χ3v) is 5.32. The van der Waals surface area contributed by atoms with Crippen LogP contribution in [-0.2, 0) is 12.8 Å². The van der Waals surface area contributed by atoms with Crippen molar-refractivity contribution in [2.45, 2.75) is 39.7 Å². The van der Waals surface area contributed by atoms with Crippen LogP contribution in [0.5, 0.6) is 0 Å². The lowest BCUT2D eigenvalue weighted by atomic mass is 10.0. The molecule has 1 aromatic heterocycles. The first-order valence-corrected chi connectivity index (χ1v) is 10.3. The third-order valence-electron chi connectivity index (χ3n) is 4.98. The summed E-state index contributed by atoms with van der Waals surface area (Å²) in [6, 6.07) is 10.8. The van der Waals surface area contributed by atoms with Gasteiger partial charge in [-0.3, -0.25) is 4.98 Å². The normalized spacial score (nSPS) is 12.1. The van der Waals surface area contributed by atoms with Crippen molar-refractivity contribution in [1.82, 2.24) is 9.88 Å². The minimum absolute atomic E-state index is 0.164. The van der Waals surface area contributed by atoms with Gasteiger partial charge in [0.15, 0.2) is 5.11 Å². The van der Waals surface area contributed by atoms with E-state index in [1.807, 2.05) is 18.5 Å². The Morgan fingerprint density at radius 1 is 1.15 bits per heavy atom. The topological polar surface area (TPSA) is 32.6 Å². The van der Waals surface area contributed by atoms with Crippen molar-refractivity contribution < 1.29 is 4.90 Å². The van der Waals surface area contributed by atoms with Crippen molar-refractivity contribution in [2.24, 2.45) is 0 Å². The lowest BCUT2D eigenvalue weighted by Gasteiger charge is -2.33. The predicted molar refractivity (Wildman–Crippen MR) is 118 cm³/mol. The largest absolute Gasteiger partial charge is 0.338 e. The van der Waals surface area contributed by atoms with Crippen LogP contribution in [0.3, 0.4) is 0 Å². The average molecular weight is 386 g/mol. The van der Waals surface area contributed by atoms with Crippen molar-refractivity contribution in [3.63, 3.8) is 0 Å². The minimum Gasteiger partial charge on any atom is -0.338 e. The van der Waals surface area contributed by atoms with Crippen LogP contribution < -0.4 is 10.2 Å². The molecule has 0 bridgehead atoms. The molecule has 0 amide bonds. The molecule has 0 saturated carbocycles. The highest BCUT2D eigenvalue weighted by Gasteiger charge is 2.21. The van der Waals surface area contributed by atoms with Gasteiger partial charge in [-0.1, -0.05) is 38.1 Å². The van der Waals surface area contributed by atoms with Crippen LogP contribution in [0, 0.1) is 0 Å². The van der Waals surface area contributed by atoms with E-state index in [9.17, 15) is 0 Å². The number of nitrogens with zero attached hydrogens (tertiary/aromatic N) is 2. The monoisotopic (exact) mass is 385 g/mol. The summed E-state index contributed by atoms with van der Waals surface area (Å²) in [5.41, 5.74) is 4.97. The van der Waals surface area contributed by atoms with E-state index >= 15 is 0 Å². The second kappa shape index (κ2) is 10.4. The van der Waals surface area contributed by atoms with Gasteiger partial charge >= 0.3 is 0 Å². The Hall–Kier alpha value is -1.98. The molecule has 146 valence electrons. The number of hydrogen-bond acceptors (Lipinski definition) is 2. The zero-order chi connectivity index (χ0) is 19.8. The molecule has 0 spiro atoms. The molecule has 0 saturated heterocycles. The summed E-state index contributed by atoms with van der Waals surface area (Å²) in [5, 5.41) is 4.36. The number of aromatic nitrogens is 1. The molecule has 1 aromatic carbocycles. The van der Waals surface area contributed by atoms with Gasteiger partial charge in [-0.15, -0.1) is 0 Å². The Kier molecular flexibility index (Phi) is 8.20. The molecule has 0 fully saturated rings. The van der Waals surface area contributed by atoms with Gasteiger partial charge in [0.2, 0.25) is 0 Å². The zero-order valence-corrected chi connectivity index (χ0v) is 18.1. The first kappa shape index (κ1) is 21.3. The van der Waals surface area contributed by atoms with Crippen molar-refractivity contribution in [3.8, 4) is 0 Å². The Balaban J connectivity index is 2.29. The number of anilines is 1. The van der Waals surface area contributed by atoms with Crippen LogP contribution in [0.2, 0.25) is 0 Å². The number of nitrogens with one attached hydrogen (secondary N) is 2. The van der Waals surface area contributed by atoms with Crippen LogP contribution in [0.15, 0.2) is 42.7 Å². The molecule has 2 N–H and O–H groups in total. The van der Waals surface area contributed by atoms with E-state index in [2.05, 4.69) is 74.3 Å². The number of aryl methyl sites for hydroxylation is 2. The predicted octanol–water partition coefficient (Wildman–Crippen LogP) is 3.11. The van der Waals surface area contributed by atoms with Gasteiger partial charge in [-0.05, 0) is 54.7 Å². The number of para-hydroxylation sites is 1. The smallest absolute Gasteiger partial charge is 0.174 e. The molecule has 0 radical (unpaired) electrons. The molecule has 27 heavy (non-hydrogen) atoms. The highest BCUT2D eigenvalue weighted by molar-refractivity contribution is 7.80. The molecule has 2 rings (SSSR count). The van der Waals surface area contributed by atoms with Crippen LogP contribution in [0.4, 0.5) is 5.69 Å². The van der Waals surface area contributed by atoms with Crippen LogP contribution in [0.25, 0.3) is 0 Å².